The van der Waals surface area contributed by atoms with Gasteiger partial charge in [0.25, 0.3) is 0 Å². The Kier molecular flexibility index (Phi) is 2.40. The molecule has 2 N–H and O–H groups in total. The van der Waals surface area contributed by atoms with E-state index in [4.69, 9.17) is 5.73 Å². The fraction of sp³-hybridized carbons (Fsp3) is 0.308. The Morgan fingerprint density at radius 3 is 2.75 bits per heavy atom. The van der Waals surface area contributed by atoms with Crippen molar-refractivity contribution in [3.05, 3.63) is 35.5 Å². The normalized spacial score (nSPS) is 16.0. The fourth-order valence-corrected chi connectivity index (χ4v) is 2.77. The van der Waals surface area contributed by atoms with Crippen molar-refractivity contribution in [3.63, 3.8) is 0 Å². The molecule has 0 amide bonds. The number of nitrogen functional groups attached to an aromatic ring is 1. The van der Waals surface area contributed by atoms with Crippen LogP contribution in [-0.4, -0.2) is 4.98 Å². The van der Waals surface area contributed by atoms with Crippen molar-refractivity contribution in [1.29, 1.82) is 0 Å². The van der Waals surface area contributed by atoms with E-state index in [9.17, 15) is 0 Å². The van der Waals surface area contributed by atoms with Crippen molar-refractivity contribution in [2.75, 3.05) is 5.73 Å². The van der Waals surface area contributed by atoms with E-state index in [1.807, 2.05) is 17.8 Å². The van der Waals surface area contributed by atoms with Gasteiger partial charge in [-0.3, -0.25) is 4.98 Å². The lowest BCUT2D eigenvalue weighted by Gasteiger charge is -2.26. The average Bonchev–Trinajstić information content (AvgIpc) is 2.66. The molecule has 1 fully saturated rings. The zero-order valence-corrected chi connectivity index (χ0v) is 9.83. The summed E-state index contributed by atoms with van der Waals surface area (Å²) in [5.74, 6) is 0.732. The van der Waals surface area contributed by atoms with E-state index in [1.54, 1.807) is 11.3 Å². The molecule has 0 unspecified atom stereocenters. The smallest absolute Gasteiger partial charge is 0.0797 e. The lowest BCUT2D eigenvalue weighted by Crippen LogP contribution is -2.09. The second kappa shape index (κ2) is 3.91. The quantitative estimate of drug-likeness (QED) is 0.800. The molecule has 0 radical (unpaired) electrons. The summed E-state index contributed by atoms with van der Waals surface area (Å²) in [7, 11) is 0. The summed E-state index contributed by atoms with van der Waals surface area (Å²) in [5, 5.41) is 0. The van der Waals surface area contributed by atoms with E-state index in [0.717, 1.165) is 11.6 Å². The van der Waals surface area contributed by atoms with Gasteiger partial charge in [0.15, 0.2) is 0 Å². The Balaban J connectivity index is 2.02. The summed E-state index contributed by atoms with van der Waals surface area (Å²) < 4.78 is 0. The van der Waals surface area contributed by atoms with E-state index in [2.05, 4.69) is 17.1 Å². The van der Waals surface area contributed by atoms with Crippen LogP contribution < -0.4 is 5.73 Å². The third-order valence-electron chi connectivity index (χ3n) is 3.27. The molecule has 0 atom stereocenters. The Bertz CT molecular complexity index is 487. The van der Waals surface area contributed by atoms with Crippen LogP contribution in [0, 0.1) is 0 Å². The van der Waals surface area contributed by atoms with Crippen LogP contribution in [-0.2, 0) is 0 Å². The number of hydrogen-bond acceptors (Lipinski definition) is 3. The summed E-state index contributed by atoms with van der Waals surface area (Å²) in [4.78, 5) is 5.32. The first-order chi connectivity index (χ1) is 7.83. The third-order valence-corrected chi connectivity index (χ3v) is 4.09. The second-order valence-electron chi connectivity index (χ2n) is 4.38. The van der Waals surface area contributed by atoms with Crippen molar-refractivity contribution in [1.82, 2.24) is 4.98 Å². The molecular weight excluding hydrogens is 216 g/mol. The number of nitrogens with two attached hydrogens (primary N) is 1. The van der Waals surface area contributed by atoms with Crippen LogP contribution in [0.2, 0.25) is 0 Å². The predicted octanol–water partition coefficient (Wildman–Crippen LogP) is 3.66. The summed E-state index contributed by atoms with van der Waals surface area (Å²) in [5.41, 5.74) is 11.3. The molecule has 0 spiro atoms. The molecule has 16 heavy (non-hydrogen) atoms. The van der Waals surface area contributed by atoms with Crippen LogP contribution in [0.3, 0.4) is 0 Å². The molecule has 2 aromatic rings. The average molecular weight is 230 g/mol. The summed E-state index contributed by atoms with van der Waals surface area (Å²) in [6.07, 6.45) is 5.89. The molecule has 0 aliphatic heterocycles. The Hall–Kier alpha value is -1.35. The molecule has 1 saturated carbocycles. The third kappa shape index (κ3) is 1.71. The van der Waals surface area contributed by atoms with E-state index in [0.29, 0.717) is 0 Å². The van der Waals surface area contributed by atoms with Crippen molar-refractivity contribution in [3.8, 4) is 10.4 Å². The number of thiazole rings is 1. The van der Waals surface area contributed by atoms with E-state index in [1.165, 1.54) is 35.3 Å². The van der Waals surface area contributed by atoms with Crippen LogP contribution in [0.25, 0.3) is 10.4 Å². The zero-order valence-electron chi connectivity index (χ0n) is 9.02. The first kappa shape index (κ1) is 9.85. The molecule has 2 nitrogen and oxygen atoms in total. The Morgan fingerprint density at radius 1 is 1.25 bits per heavy atom. The molecule has 1 aromatic heterocycles. The maximum Gasteiger partial charge on any atom is 0.0797 e. The maximum atomic E-state index is 5.97. The van der Waals surface area contributed by atoms with Crippen LogP contribution >= 0.6 is 11.3 Å². The van der Waals surface area contributed by atoms with Gasteiger partial charge in [-0.25, -0.2) is 0 Å². The van der Waals surface area contributed by atoms with Crippen LogP contribution in [0.5, 0.6) is 0 Å². The Morgan fingerprint density at radius 2 is 2.12 bits per heavy atom. The van der Waals surface area contributed by atoms with Crippen molar-refractivity contribution < 1.29 is 0 Å². The van der Waals surface area contributed by atoms with Crippen molar-refractivity contribution in [2.45, 2.75) is 25.2 Å². The minimum absolute atomic E-state index is 0.732. The number of anilines is 1. The molecule has 1 aromatic carbocycles. The fourth-order valence-electron chi connectivity index (χ4n) is 2.15. The number of hydrogen-bond donors (Lipinski definition) is 1. The van der Waals surface area contributed by atoms with Crippen LogP contribution in [0.4, 0.5) is 5.69 Å². The van der Waals surface area contributed by atoms with E-state index in [-0.39, 0.29) is 0 Å². The summed E-state index contributed by atoms with van der Waals surface area (Å²) in [6.45, 7) is 0. The number of nitrogens with zero attached hydrogens (tertiary/aromatic N) is 1. The lowest BCUT2D eigenvalue weighted by molar-refractivity contribution is 0.420. The minimum Gasteiger partial charge on any atom is -0.399 e. The molecule has 0 bridgehead atoms. The monoisotopic (exact) mass is 230 g/mol. The highest BCUT2D eigenvalue weighted by molar-refractivity contribution is 7.13. The van der Waals surface area contributed by atoms with Gasteiger partial charge in [0.05, 0.1) is 10.4 Å². The topological polar surface area (TPSA) is 38.9 Å². The summed E-state index contributed by atoms with van der Waals surface area (Å²) >= 11 is 1.66. The molecule has 1 aliphatic carbocycles. The van der Waals surface area contributed by atoms with Gasteiger partial charge in [0, 0.05) is 11.9 Å². The molecule has 0 saturated heterocycles. The summed E-state index contributed by atoms with van der Waals surface area (Å²) in [6, 6.07) is 6.43. The Labute approximate surface area is 99.1 Å². The highest BCUT2D eigenvalue weighted by atomic mass is 32.1. The van der Waals surface area contributed by atoms with Gasteiger partial charge in [-0.1, -0.05) is 6.42 Å². The van der Waals surface area contributed by atoms with Gasteiger partial charge in [0.2, 0.25) is 0 Å². The molecule has 3 heteroatoms. The maximum absolute atomic E-state index is 5.97. The van der Waals surface area contributed by atoms with E-state index >= 15 is 0 Å². The number of benzene rings is 1. The SMILES string of the molecule is Nc1cc(-c2cncs2)cc(C2CCC2)c1. The van der Waals surface area contributed by atoms with Gasteiger partial charge < -0.3 is 5.73 Å². The number of rotatable bonds is 2. The lowest BCUT2D eigenvalue weighted by atomic mass is 9.79. The second-order valence-corrected chi connectivity index (χ2v) is 5.27. The molecule has 3 rings (SSSR count). The van der Waals surface area contributed by atoms with Gasteiger partial charge in [-0.05, 0) is 48.1 Å². The van der Waals surface area contributed by atoms with Gasteiger partial charge in [-0.2, -0.15) is 0 Å². The van der Waals surface area contributed by atoms with Crippen LogP contribution in [0.1, 0.15) is 30.7 Å². The first-order valence-electron chi connectivity index (χ1n) is 5.62. The van der Waals surface area contributed by atoms with Gasteiger partial charge in [-0.15, -0.1) is 11.3 Å². The van der Waals surface area contributed by atoms with E-state index < -0.39 is 0 Å². The van der Waals surface area contributed by atoms with Gasteiger partial charge >= 0.3 is 0 Å². The van der Waals surface area contributed by atoms with Crippen LogP contribution in [0.15, 0.2) is 29.9 Å². The van der Waals surface area contributed by atoms with Crippen molar-refractivity contribution in [2.24, 2.45) is 0 Å². The molecule has 1 heterocycles. The first-order valence-corrected chi connectivity index (χ1v) is 6.50. The minimum atomic E-state index is 0.732. The highest BCUT2D eigenvalue weighted by Crippen LogP contribution is 2.39. The largest absolute Gasteiger partial charge is 0.399 e. The zero-order chi connectivity index (χ0) is 11.0. The number of aromatic nitrogens is 1. The standard InChI is InChI=1S/C13H14N2S/c14-12-5-10(9-2-1-3-9)4-11(6-12)13-7-15-8-16-13/h4-9H,1-3,14H2. The molecule has 1 aliphatic rings. The van der Waals surface area contributed by atoms with Crippen molar-refractivity contribution >= 4 is 17.0 Å². The van der Waals surface area contributed by atoms with Gasteiger partial charge in [0.1, 0.15) is 0 Å². The molecular formula is C13H14N2S. The molecule has 82 valence electrons. The highest BCUT2D eigenvalue weighted by Gasteiger charge is 2.20. The predicted molar refractivity (Wildman–Crippen MR) is 68.6 cm³/mol.